The second kappa shape index (κ2) is 5.87. The van der Waals surface area contributed by atoms with Crippen molar-refractivity contribution in [1.82, 2.24) is 30.0 Å². The first kappa shape index (κ1) is 16.7. The van der Waals surface area contributed by atoms with Gasteiger partial charge in [0.05, 0.1) is 30.0 Å². The fourth-order valence-electron chi connectivity index (χ4n) is 4.20. The molecule has 3 aromatic heterocycles. The zero-order chi connectivity index (χ0) is 19.7. The molecule has 3 atom stereocenters. The van der Waals surface area contributed by atoms with Gasteiger partial charge >= 0.3 is 0 Å². The molecule has 6 rings (SSSR count). The average Bonchev–Trinajstić information content (AvgIpc) is 3.25. The minimum Gasteiger partial charge on any atom is -0.375 e. The third-order valence-corrected chi connectivity index (χ3v) is 5.84. The van der Waals surface area contributed by atoms with Gasteiger partial charge < -0.3 is 15.0 Å². The summed E-state index contributed by atoms with van der Waals surface area (Å²) in [6.07, 6.45) is 4.55. The SMILES string of the molecule is C[C@H]1COC2CC2c2ccc3c(c2)c(nn3C)-c2cnc3[nH]cc(c3n2)C(=O)N1. The summed E-state index contributed by atoms with van der Waals surface area (Å²) in [7, 11) is 1.93. The predicted molar refractivity (Wildman–Crippen MR) is 108 cm³/mol. The van der Waals surface area contributed by atoms with E-state index < -0.39 is 0 Å². The largest absolute Gasteiger partial charge is 0.375 e. The Morgan fingerprint density at radius 2 is 2.21 bits per heavy atom. The van der Waals surface area contributed by atoms with E-state index in [1.165, 1.54) is 5.56 Å². The molecule has 0 spiro atoms. The molecule has 1 fully saturated rings. The number of nitrogens with zero attached hydrogens (tertiary/aromatic N) is 4. The minimum absolute atomic E-state index is 0.0995. The third-order valence-electron chi connectivity index (χ3n) is 5.84. The van der Waals surface area contributed by atoms with Crippen LogP contribution in [0.2, 0.25) is 0 Å². The molecular weight excluding hydrogens is 368 g/mol. The van der Waals surface area contributed by atoms with E-state index in [2.05, 4.69) is 33.5 Å². The average molecular weight is 388 g/mol. The summed E-state index contributed by atoms with van der Waals surface area (Å²) in [5, 5.41) is 8.74. The van der Waals surface area contributed by atoms with Crippen molar-refractivity contribution in [3.8, 4) is 11.4 Å². The van der Waals surface area contributed by atoms with Crippen molar-refractivity contribution in [3.05, 3.63) is 41.7 Å². The van der Waals surface area contributed by atoms with Crippen molar-refractivity contribution in [2.45, 2.75) is 31.4 Å². The van der Waals surface area contributed by atoms with Crippen LogP contribution in [0.1, 0.15) is 35.2 Å². The van der Waals surface area contributed by atoms with Crippen LogP contribution >= 0.6 is 0 Å². The summed E-state index contributed by atoms with van der Waals surface area (Å²) in [4.78, 5) is 25.1. The van der Waals surface area contributed by atoms with E-state index in [0.29, 0.717) is 34.9 Å². The zero-order valence-electron chi connectivity index (χ0n) is 16.1. The van der Waals surface area contributed by atoms with Gasteiger partial charge in [0.1, 0.15) is 16.9 Å². The number of fused-ring (bicyclic) bond motifs is 5. The smallest absolute Gasteiger partial charge is 0.255 e. The van der Waals surface area contributed by atoms with E-state index >= 15 is 0 Å². The van der Waals surface area contributed by atoms with Gasteiger partial charge in [0, 0.05) is 30.6 Å². The van der Waals surface area contributed by atoms with Crippen molar-refractivity contribution < 1.29 is 9.53 Å². The Bertz CT molecular complexity index is 1290. The number of hydrogen-bond acceptors (Lipinski definition) is 5. The fourth-order valence-corrected chi connectivity index (χ4v) is 4.20. The Labute approximate surface area is 166 Å². The van der Waals surface area contributed by atoms with Crippen molar-refractivity contribution in [3.63, 3.8) is 0 Å². The maximum Gasteiger partial charge on any atom is 0.255 e. The lowest BCUT2D eigenvalue weighted by Crippen LogP contribution is -2.36. The van der Waals surface area contributed by atoms with E-state index in [-0.39, 0.29) is 18.1 Å². The lowest BCUT2D eigenvalue weighted by atomic mass is 10.1. The molecule has 1 aliphatic carbocycles. The molecule has 1 aliphatic heterocycles. The Balaban J connectivity index is 1.59. The molecule has 2 N–H and O–H groups in total. The first-order chi connectivity index (χ1) is 14.1. The standard InChI is InChI=1S/C21H20N6O2/c1-10-9-29-17-6-12(17)11-3-4-16-13(5-11)18(26-27(16)2)15-8-23-20-19(25-15)14(7-22-20)21(28)24-10/h3-5,7-8,10,12,17H,6,9H2,1-2H3,(H,22,23)(H,24,28)/t10-,12?,17?/m0/s1. The van der Waals surface area contributed by atoms with E-state index in [4.69, 9.17) is 14.8 Å². The molecule has 4 aromatic rings. The quantitative estimate of drug-likeness (QED) is 0.482. The number of ether oxygens (including phenoxy) is 1. The van der Waals surface area contributed by atoms with Crippen LogP contribution in [0.4, 0.5) is 0 Å². The highest BCUT2D eigenvalue weighted by Crippen LogP contribution is 2.44. The molecular formula is C21H20N6O2. The van der Waals surface area contributed by atoms with Gasteiger partial charge in [-0.2, -0.15) is 5.10 Å². The number of rotatable bonds is 0. The molecule has 4 bridgehead atoms. The van der Waals surface area contributed by atoms with Crippen LogP contribution < -0.4 is 5.32 Å². The summed E-state index contributed by atoms with van der Waals surface area (Å²) in [6, 6.07) is 6.36. The fraction of sp³-hybridized carbons (Fsp3) is 0.333. The number of carbonyl (C=O) groups excluding carboxylic acids is 1. The zero-order valence-corrected chi connectivity index (χ0v) is 16.1. The second-order valence-corrected chi connectivity index (χ2v) is 7.99. The Hall–Kier alpha value is -3.26. The maximum atomic E-state index is 12.8. The van der Waals surface area contributed by atoms with Gasteiger partial charge in [-0.3, -0.25) is 9.48 Å². The highest BCUT2D eigenvalue weighted by molar-refractivity contribution is 6.05. The van der Waals surface area contributed by atoms with Crippen molar-refractivity contribution in [1.29, 1.82) is 0 Å². The molecule has 1 amide bonds. The van der Waals surface area contributed by atoms with Gasteiger partial charge in [-0.05, 0) is 31.0 Å². The molecule has 2 unspecified atom stereocenters. The number of aryl methyl sites for hydroxylation is 1. The number of hydrogen-bond donors (Lipinski definition) is 2. The van der Waals surface area contributed by atoms with E-state index in [0.717, 1.165) is 23.0 Å². The van der Waals surface area contributed by atoms with Crippen LogP contribution in [0, 0.1) is 0 Å². The first-order valence-electron chi connectivity index (χ1n) is 9.82. The minimum atomic E-state index is -0.187. The van der Waals surface area contributed by atoms with Gasteiger partial charge in [0.15, 0.2) is 5.65 Å². The van der Waals surface area contributed by atoms with Gasteiger partial charge in [0.2, 0.25) is 0 Å². The van der Waals surface area contributed by atoms with Crippen LogP contribution in [-0.2, 0) is 11.8 Å². The third kappa shape index (κ3) is 2.56. The second-order valence-electron chi connectivity index (χ2n) is 7.99. The molecule has 29 heavy (non-hydrogen) atoms. The number of amides is 1. The Morgan fingerprint density at radius 1 is 1.31 bits per heavy atom. The molecule has 8 heteroatoms. The molecule has 2 aliphatic rings. The highest BCUT2D eigenvalue weighted by Gasteiger charge is 2.40. The lowest BCUT2D eigenvalue weighted by molar-refractivity contribution is 0.0805. The van der Waals surface area contributed by atoms with Crippen LogP contribution in [0.5, 0.6) is 0 Å². The number of nitrogens with one attached hydrogen (secondary N) is 2. The van der Waals surface area contributed by atoms with Gasteiger partial charge in [0.25, 0.3) is 5.91 Å². The van der Waals surface area contributed by atoms with Crippen LogP contribution in [0.3, 0.4) is 0 Å². The molecule has 0 radical (unpaired) electrons. The summed E-state index contributed by atoms with van der Waals surface area (Å²) < 4.78 is 7.91. The molecule has 146 valence electrons. The summed E-state index contributed by atoms with van der Waals surface area (Å²) >= 11 is 0. The molecule has 4 heterocycles. The van der Waals surface area contributed by atoms with E-state index in [1.807, 2.05) is 18.7 Å². The molecule has 0 saturated heterocycles. The van der Waals surface area contributed by atoms with Gasteiger partial charge in [-0.25, -0.2) is 9.97 Å². The number of aromatic amines is 1. The van der Waals surface area contributed by atoms with Crippen LogP contribution in [0.15, 0.2) is 30.6 Å². The Kier molecular flexibility index (Phi) is 3.37. The summed E-state index contributed by atoms with van der Waals surface area (Å²) in [6.45, 7) is 2.43. The normalized spacial score (nSPS) is 23.8. The number of carbonyl (C=O) groups is 1. The van der Waals surface area contributed by atoms with Crippen LogP contribution in [-0.4, -0.2) is 49.4 Å². The van der Waals surface area contributed by atoms with Gasteiger partial charge in [-0.15, -0.1) is 0 Å². The maximum absolute atomic E-state index is 12.8. The highest BCUT2D eigenvalue weighted by atomic mass is 16.5. The number of H-pyrrole nitrogens is 1. The first-order valence-corrected chi connectivity index (χ1v) is 9.82. The van der Waals surface area contributed by atoms with Crippen molar-refractivity contribution in [2.75, 3.05) is 6.61 Å². The topological polar surface area (TPSA) is 97.7 Å². The van der Waals surface area contributed by atoms with Crippen molar-refractivity contribution >= 4 is 28.0 Å². The Morgan fingerprint density at radius 3 is 3.10 bits per heavy atom. The van der Waals surface area contributed by atoms with Crippen LogP contribution in [0.25, 0.3) is 33.5 Å². The number of benzene rings is 1. The van der Waals surface area contributed by atoms with E-state index in [9.17, 15) is 4.79 Å². The van der Waals surface area contributed by atoms with E-state index in [1.54, 1.807) is 12.4 Å². The monoisotopic (exact) mass is 388 g/mol. The number of aromatic nitrogens is 5. The van der Waals surface area contributed by atoms with Gasteiger partial charge in [-0.1, -0.05) is 6.07 Å². The lowest BCUT2D eigenvalue weighted by Gasteiger charge is -2.14. The molecule has 1 saturated carbocycles. The van der Waals surface area contributed by atoms with Crippen molar-refractivity contribution in [2.24, 2.45) is 7.05 Å². The summed E-state index contributed by atoms with van der Waals surface area (Å²) in [5.41, 5.74) is 5.30. The molecule has 1 aromatic carbocycles. The molecule has 8 nitrogen and oxygen atoms in total. The summed E-state index contributed by atoms with van der Waals surface area (Å²) in [5.74, 6) is 0.191. The predicted octanol–water partition coefficient (Wildman–Crippen LogP) is 2.52.